The van der Waals surface area contributed by atoms with Gasteiger partial charge in [-0.1, -0.05) is 66.8 Å². The first-order valence-electron chi connectivity index (χ1n) is 13.4. The van der Waals surface area contributed by atoms with Crippen molar-refractivity contribution in [2.45, 2.75) is 33.5 Å². The summed E-state index contributed by atoms with van der Waals surface area (Å²) in [6.07, 6.45) is 3.29. The van der Waals surface area contributed by atoms with Gasteiger partial charge in [0.2, 0.25) is 0 Å². The Bertz CT molecular complexity index is 1740. The minimum atomic E-state index is -2.10. The molecule has 0 aliphatic rings. The maximum atomic E-state index is 7.37. The average Bonchev–Trinajstić information content (AvgIpc) is 3.31. The number of aromatic nitrogens is 2. The summed E-state index contributed by atoms with van der Waals surface area (Å²) in [6, 6.07) is 32.0. The van der Waals surface area contributed by atoms with Gasteiger partial charge in [-0.05, 0) is 54.2 Å². The van der Waals surface area contributed by atoms with Crippen LogP contribution < -0.4 is 0 Å². The third-order valence-corrected chi connectivity index (χ3v) is 6.13. The Labute approximate surface area is 236 Å². The molecule has 0 bridgehead atoms. The number of pyridine rings is 2. The normalized spacial score (nSPS) is 12.3. The van der Waals surface area contributed by atoms with Gasteiger partial charge in [-0.25, -0.2) is 0 Å². The fourth-order valence-corrected chi connectivity index (χ4v) is 4.02. The Balaban J connectivity index is 0.000000187. The van der Waals surface area contributed by atoms with Gasteiger partial charge < -0.3 is 14.4 Å². The zero-order valence-corrected chi connectivity index (χ0v) is 23.3. The molecule has 187 valence electrons. The Morgan fingerprint density at radius 1 is 0.811 bits per heavy atom. The molecular weight excluding hydrogens is 633 g/mol. The van der Waals surface area contributed by atoms with Crippen molar-refractivity contribution in [3.05, 3.63) is 120 Å². The largest absolute Gasteiger partial charge is 0.476 e. The summed E-state index contributed by atoms with van der Waals surface area (Å²) < 4.78 is 28.1. The SMILES string of the molecule is CC(C)c1ccnc(-c2[c-]cc3c(c2)oc2ccccc23)c1.[2H]C([2H])([2H])c1cnc(-c2[c-]cccc2)cc1C.[Ir]. The van der Waals surface area contributed by atoms with Crippen molar-refractivity contribution in [3.63, 3.8) is 0 Å². The molecule has 3 heterocycles. The van der Waals surface area contributed by atoms with Crippen LogP contribution in [-0.2, 0) is 20.1 Å². The van der Waals surface area contributed by atoms with Crippen LogP contribution in [0.25, 0.3) is 44.5 Å². The van der Waals surface area contributed by atoms with Crippen molar-refractivity contribution in [2.24, 2.45) is 0 Å². The monoisotopic (exact) mass is 664 g/mol. The van der Waals surface area contributed by atoms with E-state index in [1.807, 2.05) is 60.8 Å². The average molecular weight is 664 g/mol. The first-order valence-corrected chi connectivity index (χ1v) is 11.9. The Hall–Kier alpha value is -3.59. The fourth-order valence-electron chi connectivity index (χ4n) is 4.02. The predicted molar refractivity (Wildman–Crippen MR) is 148 cm³/mol. The van der Waals surface area contributed by atoms with Crippen molar-refractivity contribution in [2.75, 3.05) is 0 Å². The summed E-state index contributed by atoms with van der Waals surface area (Å²) in [5.41, 5.74) is 7.62. The topological polar surface area (TPSA) is 38.9 Å². The number of hydrogen-bond donors (Lipinski definition) is 0. The van der Waals surface area contributed by atoms with Crippen LogP contribution in [-0.4, -0.2) is 9.97 Å². The molecule has 0 amide bonds. The number of nitrogens with zero attached hydrogens (tertiary/aromatic N) is 2. The third-order valence-electron chi connectivity index (χ3n) is 6.13. The summed E-state index contributed by atoms with van der Waals surface area (Å²) >= 11 is 0. The van der Waals surface area contributed by atoms with Crippen LogP contribution in [0.1, 0.15) is 40.6 Å². The van der Waals surface area contributed by atoms with E-state index in [2.05, 4.69) is 54.1 Å². The van der Waals surface area contributed by atoms with E-state index in [0.717, 1.165) is 50.0 Å². The molecule has 3 aromatic carbocycles. The molecule has 4 heteroatoms. The van der Waals surface area contributed by atoms with Gasteiger partial charge in [0, 0.05) is 36.6 Å². The zero-order valence-electron chi connectivity index (χ0n) is 23.9. The molecule has 0 atom stereocenters. The predicted octanol–water partition coefficient (Wildman–Crippen LogP) is 8.73. The van der Waals surface area contributed by atoms with E-state index in [4.69, 9.17) is 8.53 Å². The van der Waals surface area contributed by atoms with Crippen molar-refractivity contribution in [1.82, 2.24) is 9.97 Å². The molecule has 0 aliphatic carbocycles. The first kappa shape index (κ1) is 22.6. The molecule has 0 saturated carbocycles. The van der Waals surface area contributed by atoms with Gasteiger partial charge in [0.1, 0.15) is 5.58 Å². The number of fused-ring (bicyclic) bond motifs is 3. The first-order chi connectivity index (χ1) is 18.7. The second-order valence-electron chi connectivity index (χ2n) is 9.01. The molecule has 1 radical (unpaired) electrons. The number of rotatable bonds is 3. The molecule has 0 aliphatic heterocycles. The number of furan rings is 1. The Morgan fingerprint density at radius 3 is 2.38 bits per heavy atom. The molecule has 0 fully saturated rings. The number of para-hydroxylation sites is 1. The second-order valence-corrected chi connectivity index (χ2v) is 9.01. The molecule has 0 saturated heterocycles. The standard InChI is InChI=1S/C20H16NO.C13H12N.Ir/c1-13(2)14-9-10-21-18(11-14)15-7-8-17-16-5-3-4-6-19(16)22-20(17)12-15;1-10-8-13(14-9-11(10)2)12-6-4-3-5-7-12;/h3-6,8-13H,1-2H3;3-6,8-9H,1-2H3;/q2*-1;/i;2D3;. The van der Waals surface area contributed by atoms with Crippen molar-refractivity contribution in [3.8, 4) is 22.5 Å². The molecule has 3 aromatic heterocycles. The second kappa shape index (κ2) is 11.6. The van der Waals surface area contributed by atoms with Gasteiger partial charge in [-0.15, -0.1) is 53.6 Å². The Kier molecular flexibility index (Phi) is 7.11. The maximum absolute atomic E-state index is 7.37. The summed E-state index contributed by atoms with van der Waals surface area (Å²) in [4.78, 5) is 8.66. The summed E-state index contributed by atoms with van der Waals surface area (Å²) in [6.45, 7) is 4.06. The molecule has 0 N–H and O–H groups in total. The van der Waals surface area contributed by atoms with E-state index in [1.165, 1.54) is 11.8 Å². The summed E-state index contributed by atoms with van der Waals surface area (Å²) in [7, 11) is 0. The van der Waals surface area contributed by atoms with E-state index in [0.29, 0.717) is 11.5 Å². The van der Waals surface area contributed by atoms with E-state index >= 15 is 0 Å². The molecular formula is C33H28IrN2O-2. The van der Waals surface area contributed by atoms with Gasteiger partial charge in [0.25, 0.3) is 0 Å². The third kappa shape index (κ3) is 5.88. The zero-order chi connectivity index (χ0) is 27.6. The van der Waals surface area contributed by atoms with E-state index in [9.17, 15) is 0 Å². The van der Waals surface area contributed by atoms with Crippen molar-refractivity contribution in [1.29, 1.82) is 0 Å². The minimum absolute atomic E-state index is 0. The minimum Gasteiger partial charge on any atom is -0.476 e. The molecule has 0 spiro atoms. The molecule has 37 heavy (non-hydrogen) atoms. The molecule has 6 rings (SSSR count). The quantitative estimate of drug-likeness (QED) is 0.178. The molecule has 6 aromatic rings. The van der Waals surface area contributed by atoms with Gasteiger partial charge in [0.15, 0.2) is 0 Å². The van der Waals surface area contributed by atoms with Gasteiger partial charge in [-0.3, -0.25) is 0 Å². The number of aryl methyl sites for hydroxylation is 2. The Morgan fingerprint density at radius 2 is 1.62 bits per heavy atom. The molecule has 0 unspecified atom stereocenters. The van der Waals surface area contributed by atoms with Crippen LogP contribution in [0.4, 0.5) is 0 Å². The van der Waals surface area contributed by atoms with Gasteiger partial charge in [0.05, 0.1) is 5.58 Å². The summed E-state index contributed by atoms with van der Waals surface area (Å²) in [5.74, 6) is 0.483. The fraction of sp³-hybridized carbons (Fsp3) is 0.152. The summed E-state index contributed by atoms with van der Waals surface area (Å²) in [5, 5.41) is 2.23. The smallest absolute Gasteiger partial charge is 0.123 e. The van der Waals surface area contributed by atoms with E-state index < -0.39 is 6.85 Å². The van der Waals surface area contributed by atoms with Crippen LogP contribution in [0.15, 0.2) is 95.7 Å². The van der Waals surface area contributed by atoms with Crippen molar-refractivity contribution < 1.29 is 28.6 Å². The van der Waals surface area contributed by atoms with Crippen LogP contribution in [0, 0.1) is 25.9 Å². The van der Waals surface area contributed by atoms with Crippen LogP contribution in [0.3, 0.4) is 0 Å². The van der Waals surface area contributed by atoms with Gasteiger partial charge in [-0.2, -0.15) is 0 Å². The number of benzene rings is 3. The van der Waals surface area contributed by atoms with Crippen molar-refractivity contribution >= 4 is 21.9 Å². The number of hydrogen-bond acceptors (Lipinski definition) is 3. The maximum Gasteiger partial charge on any atom is 0.123 e. The van der Waals surface area contributed by atoms with Gasteiger partial charge >= 0.3 is 0 Å². The van der Waals surface area contributed by atoms with E-state index in [-0.39, 0.29) is 20.1 Å². The molecule has 3 nitrogen and oxygen atoms in total. The van der Waals surface area contributed by atoms with Crippen LogP contribution in [0.5, 0.6) is 0 Å². The van der Waals surface area contributed by atoms with E-state index in [1.54, 1.807) is 13.0 Å². The van der Waals surface area contributed by atoms with Crippen LogP contribution >= 0.6 is 0 Å². The van der Waals surface area contributed by atoms with Crippen LogP contribution in [0.2, 0.25) is 0 Å².